The Labute approximate surface area is 271 Å². The maximum Gasteiger partial charge on any atom is 0.418 e. The molecule has 3 aromatic carbocycles. The van der Waals surface area contributed by atoms with Gasteiger partial charge < -0.3 is 31.9 Å². The summed E-state index contributed by atoms with van der Waals surface area (Å²) in [6.07, 6.45) is -9.00. The molecule has 17 heteroatoms. The van der Waals surface area contributed by atoms with E-state index in [9.17, 15) is 35.1 Å². The number of anilines is 4. The SMILES string of the molecule is [B]C([B])(C)N1C(=C)N(CC(F)(F)F)c2cc(N/C(=C/N)c3cc(F)cc(C(F)(F)F)c3N)c3c(c21)C(=C)NC3c1cc(F)ccc1Cl. The van der Waals surface area contributed by atoms with Crippen LogP contribution in [0.2, 0.25) is 5.02 Å². The molecule has 2 heterocycles. The molecule has 5 rings (SSSR count). The summed E-state index contributed by atoms with van der Waals surface area (Å²) in [6.45, 7) is 7.59. The average Bonchev–Trinajstić information content (AvgIpc) is 3.42. The first-order valence-electron chi connectivity index (χ1n) is 13.5. The van der Waals surface area contributed by atoms with E-state index in [1.165, 1.54) is 24.0 Å². The number of nitrogens with one attached hydrogen (secondary N) is 2. The van der Waals surface area contributed by atoms with Crippen molar-refractivity contribution in [1.82, 2.24) is 5.32 Å². The Bertz CT molecular complexity index is 1850. The zero-order valence-corrected chi connectivity index (χ0v) is 25.1. The van der Waals surface area contributed by atoms with Gasteiger partial charge in [-0.05, 0) is 41.7 Å². The molecule has 2 aliphatic heterocycles. The van der Waals surface area contributed by atoms with Crippen molar-refractivity contribution in [2.45, 2.75) is 30.7 Å². The zero-order valence-electron chi connectivity index (χ0n) is 24.3. The minimum atomic E-state index is -5.05. The molecule has 6 nitrogen and oxygen atoms in total. The van der Waals surface area contributed by atoms with Crippen LogP contribution in [0.4, 0.5) is 57.9 Å². The van der Waals surface area contributed by atoms with Gasteiger partial charge in [-0.2, -0.15) is 26.3 Å². The first-order chi connectivity index (χ1) is 21.6. The van der Waals surface area contributed by atoms with Gasteiger partial charge in [0.1, 0.15) is 24.0 Å². The van der Waals surface area contributed by atoms with Gasteiger partial charge >= 0.3 is 12.4 Å². The summed E-state index contributed by atoms with van der Waals surface area (Å²) in [5, 5.41) is 4.13. The summed E-state index contributed by atoms with van der Waals surface area (Å²) >= 11 is 6.46. The van der Waals surface area contributed by atoms with Crippen molar-refractivity contribution >= 4 is 61.4 Å². The van der Waals surface area contributed by atoms with E-state index in [1.807, 2.05) is 0 Å². The third-order valence-electron chi connectivity index (χ3n) is 7.58. The third kappa shape index (κ3) is 6.06. The molecule has 0 amide bonds. The molecule has 242 valence electrons. The van der Waals surface area contributed by atoms with Crippen molar-refractivity contribution in [2.75, 3.05) is 27.4 Å². The number of nitrogens with zero attached hydrogens (tertiary/aromatic N) is 2. The van der Waals surface area contributed by atoms with Gasteiger partial charge in [0.05, 0.1) is 50.1 Å². The summed E-state index contributed by atoms with van der Waals surface area (Å²) in [5.41, 5.74) is 8.87. The van der Waals surface area contributed by atoms with E-state index in [0.29, 0.717) is 6.07 Å². The number of alkyl halides is 6. The lowest BCUT2D eigenvalue weighted by Crippen LogP contribution is -2.48. The smallest absolute Gasteiger partial charge is 0.403 e. The Balaban J connectivity index is 1.83. The highest BCUT2D eigenvalue weighted by Gasteiger charge is 2.46. The summed E-state index contributed by atoms with van der Waals surface area (Å²) < 4.78 is 112. The summed E-state index contributed by atoms with van der Waals surface area (Å²) in [7, 11) is 12.5. The molecule has 2 aliphatic rings. The Kier molecular flexibility index (Phi) is 8.19. The van der Waals surface area contributed by atoms with E-state index in [-0.39, 0.29) is 62.1 Å². The summed E-state index contributed by atoms with van der Waals surface area (Å²) in [5.74, 6) is -2.24. The molecular formula is C30H23B2ClF8N6. The first-order valence-corrected chi connectivity index (χ1v) is 13.9. The zero-order chi connectivity index (χ0) is 35.0. The molecule has 3 aromatic rings. The molecule has 0 bridgehead atoms. The van der Waals surface area contributed by atoms with Gasteiger partial charge in [-0.3, -0.25) is 0 Å². The van der Waals surface area contributed by atoms with Crippen LogP contribution in [0.1, 0.15) is 40.8 Å². The second-order valence-electron chi connectivity index (χ2n) is 11.1. The number of hydrogen-bond acceptors (Lipinski definition) is 6. The summed E-state index contributed by atoms with van der Waals surface area (Å²) in [6, 6.07) is 4.59. The Hall–Kier alpha value is -4.46. The van der Waals surface area contributed by atoms with Crippen molar-refractivity contribution in [3.8, 4) is 0 Å². The maximum absolute atomic E-state index is 14.5. The van der Waals surface area contributed by atoms with Crippen LogP contribution in [0.25, 0.3) is 11.4 Å². The minimum absolute atomic E-state index is 0.0442. The third-order valence-corrected chi connectivity index (χ3v) is 7.92. The molecule has 0 aliphatic carbocycles. The number of halogens is 9. The fourth-order valence-electron chi connectivity index (χ4n) is 5.78. The quantitative estimate of drug-likeness (QED) is 0.129. The van der Waals surface area contributed by atoms with Gasteiger partial charge in [-0.25, -0.2) is 8.78 Å². The van der Waals surface area contributed by atoms with E-state index in [1.54, 1.807) is 0 Å². The Morgan fingerprint density at radius 2 is 1.72 bits per heavy atom. The number of benzene rings is 3. The van der Waals surface area contributed by atoms with Crippen LogP contribution in [0.5, 0.6) is 0 Å². The standard InChI is InChI=1S/C30H23B2ClF8N6/c1-12-23-24(26(44-12)16-6-14(34)4-5-19(16)33)20(45-21(10-42)17-7-15(35)8-18(25(17)43)30(39,40)41)9-22-27(23)47(28(3,31)32)13(2)46(22)11-29(36,37)38/h4-10,26,44-45H,1-2,11,42-43H2,3H3/b21-10+. The predicted molar refractivity (Wildman–Crippen MR) is 168 cm³/mol. The lowest BCUT2D eigenvalue weighted by atomic mass is 9.62. The fraction of sp³-hybridized carbons (Fsp3) is 0.200. The Morgan fingerprint density at radius 1 is 1.06 bits per heavy atom. The first kappa shape index (κ1) is 33.9. The molecule has 0 saturated carbocycles. The molecule has 0 saturated heterocycles. The Morgan fingerprint density at radius 3 is 2.30 bits per heavy atom. The van der Waals surface area contributed by atoms with Gasteiger partial charge in [0.25, 0.3) is 0 Å². The highest BCUT2D eigenvalue weighted by atomic mass is 35.5. The summed E-state index contributed by atoms with van der Waals surface area (Å²) in [4.78, 5) is 1.96. The topological polar surface area (TPSA) is 82.6 Å². The van der Waals surface area contributed by atoms with Gasteiger partial charge in [-0.1, -0.05) is 31.7 Å². The number of nitrogen functional groups attached to an aromatic ring is 1. The molecule has 0 aromatic heterocycles. The maximum atomic E-state index is 14.5. The van der Waals surface area contributed by atoms with Crippen molar-refractivity contribution in [2.24, 2.45) is 5.73 Å². The number of hydrogen-bond donors (Lipinski definition) is 4. The van der Waals surface area contributed by atoms with Crippen LogP contribution in [-0.2, 0) is 6.18 Å². The largest absolute Gasteiger partial charge is 0.418 e. The fourth-order valence-corrected chi connectivity index (χ4v) is 6.01. The highest BCUT2D eigenvalue weighted by molar-refractivity contribution is 6.42. The second kappa shape index (κ2) is 11.4. The van der Waals surface area contributed by atoms with Crippen molar-refractivity contribution < 1.29 is 35.1 Å². The normalized spacial score (nSPS) is 16.8. The molecule has 1 atom stereocenters. The molecular weight excluding hydrogens is 653 g/mol. The molecule has 47 heavy (non-hydrogen) atoms. The molecule has 0 spiro atoms. The molecule has 0 fully saturated rings. The second-order valence-corrected chi connectivity index (χ2v) is 11.5. The van der Waals surface area contributed by atoms with E-state index in [2.05, 4.69) is 23.8 Å². The average molecular weight is 677 g/mol. The van der Waals surface area contributed by atoms with Gasteiger partial charge in [0.2, 0.25) is 0 Å². The van der Waals surface area contributed by atoms with Crippen LogP contribution in [0.3, 0.4) is 0 Å². The van der Waals surface area contributed by atoms with Crippen molar-refractivity contribution in [3.63, 3.8) is 0 Å². The lowest BCUT2D eigenvalue weighted by Gasteiger charge is -2.37. The predicted octanol–water partition coefficient (Wildman–Crippen LogP) is 6.92. The number of rotatable bonds is 6. The van der Waals surface area contributed by atoms with E-state index in [0.717, 1.165) is 23.2 Å². The van der Waals surface area contributed by atoms with Crippen LogP contribution >= 0.6 is 11.6 Å². The monoisotopic (exact) mass is 676 g/mol. The van der Waals surface area contributed by atoms with E-state index in [4.69, 9.17) is 38.8 Å². The van der Waals surface area contributed by atoms with Gasteiger partial charge in [0, 0.05) is 44.9 Å². The van der Waals surface area contributed by atoms with Crippen LogP contribution < -0.4 is 31.9 Å². The van der Waals surface area contributed by atoms with Crippen LogP contribution in [-0.4, -0.2) is 33.8 Å². The lowest BCUT2D eigenvalue weighted by molar-refractivity contribution is -0.137. The molecule has 6 N–H and O–H groups in total. The number of fused-ring (bicyclic) bond motifs is 3. The molecule has 4 radical (unpaired) electrons. The van der Waals surface area contributed by atoms with E-state index >= 15 is 0 Å². The molecule has 1 unspecified atom stereocenters. The minimum Gasteiger partial charge on any atom is -0.403 e. The van der Waals surface area contributed by atoms with Crippen molar-refractivity contribution in [3.05, 3.63) is 106 Å². The number of nitrogens with two attached hydrogens (primary N) is 2. The van der Waals surface area contributed by atoms with Gasteiger partial charge in [0.15, 0.2) is 0 Å². The van der Waals surface area contributed by atoms with Crippen LogP contribution in [0, 0.1) is 11.6 Å². The van der Waals surface area contributed by atoms with E-state index < -0.39 is 58.7 Å². The van der Waals surface area contributed by atoms with Crippen molar-refractivity contribution in [1.29, 1.82) is 0 Å². The highest BCUT2D eigenvalue weighted by Crippen LogP contribution is 2.56. The van der Waals surface area contributed by atoms with Crippen LogP contribution in [0.15, 0.2) is 61.6 Å². The van der Waals surface area contributed by atoms with Gasteiger partial charge in [-0.15, -0.1) is 0 Å².